The number of fused-ring (bicyclic) bond motifs is 3. The van der Waals surface area contributed by atoms with Crippen LogP contribution in [-0.2, 0) is 9.53 Å². The van der Waals surface area contributed by atoms with Gasteiger partial charge in [0.05, 0.1) is 12.2 Å². The molecule has 0 N–H and O–H groups in total. The van der Waals surface area contributed by atoms with Crippen LogP contribution in [0.3, 0.4) is 0 Å². The molecule has 0 saturated carbocycles. The molecule has 1 atom stereocenters. The Balaban J connectivity index is 1.69. The van der Waals surface area contributed by atoms with Gasteiger partial charge in [-0.05, 0) is 60.5 Å². The van der Waals surface area contributed by atoms with Crippen LogP contribution in [0.15, 0.2) is 102 Å². The molecule has 1 aliphatic heterocycles. The van der Waals surface area contributed by atoms with Gasteiger partial charge in [0.15, 0.2) is 0 Å². The van der Waals surface area contributed by atoms with Gasteiger partial charge in [0.2, 0.25) is 0 Å². The van der Waals surface area contributed by atoms with Gasteiger partial charge in [-0.2, -0.15) is 0 Å². The summed E-state index contributed by atoms with van der Waals surface area (Å²) in [5.74, 6) is 2.04. The largest absolute Gasteiger partial charge is 0.463 e. The first-order valence-electron chi connectivity index (χ1n) is 11.1. The van der Waals surface area contributed by atoms with Gasteiger partial charge in [-0.3, -0.25) is 0 Å². The standard InChI is InChI=1S/C29H24O4/c1-3-31-29(30)26-19(2)32-25-17-16-20-10-7-8-15-24(20)28(25)27(26)21-11-9-14-23(18-21)33-22-12-5-4-6-13-22/h4-18,27H,3H2,1-2H3. The van der Waals surface area contributed by atoms with Gasteiger partial charge in [-0.1, -0.05) is 60.7 Å². The van der Waals surface area contributed by atoms with Crippen LogP contribution < -0.4 is 9.47 Å². The summed E-state index contributed by atoms with van der Waals surface area (Å²) in [5, 5.41) is 2.13. The fourth-order valence-electron chi connectivity index (χ4n) is 4.42. The Morgan fingerprint density at radius 3 is 2.45 bits per heavy atom. The molecule has 4 nitrogen and oxygen atoms in total. The van der Waals surface area contributed by atoms with E-state index < -0.39 is 0 Å². The minimum Gasteiger partial charge on any atom is -0.463 e. The second-order valence-corrected chi connectivity index (χ2v) is 7.91. The average Bonchev–Trinajstić information content (AvgIpc) is 2.84. The number of para-hydroxylation sites is 1. The molecular formula is C29H24O4. The molecule has 4 aromatic carbocycles. The van der Waals surface area contributed by atoms with E-state index in [-0.39, 0.29) is 11.9 Å². The van der Waals surface area contributed by atoms with Crippen LogP contribution in [0, 0.1) is 0 Å². The molecule has 164 valence electrons. The van der Waals surface area contributed by atoms with E-state index in [9.17, 15) is 4.79 Å². The Hall–Kier alpha value is -4.05. The number of esters is 1. The minimum absolute atomic E-state index is 0.294. The Morgan fingerprint density at radius 2 is 1.64 bits per heavy atom. The number of carbonyl (C=O) groups excluding carboxylic acids is 1. The second-order valence-electron chi connectivity index (χ2n) is 7.91. The van der Waals surface area contributed by atoms with Crippen molar-refractivity contribution >= 4 is 16.7 Å². The lowest BCUT2D eigenvalue weighted by molar-refractivity contribution is -0.139. The molecule has 0 aliphatic carbocycles. The highest BCUT2D eigenvalue weighted by atomic mass is 16.5. The Bertz CT molecular complexity index is 1350. The highest BCUT2D eigenvalue weighted by Gasteiger charge is 2.36. The topological polar surface area (TPSA) is 44.8 Å². The Kier molecular flexibility index (Phi) is 5.57. The summed E-state index contributed by atoms with van der Waals surface area (Å²) < 4.78 is 17.7. The minimum atomic E-state index is -0.368. The van der Waals surface area contributed by atoms with Gasteiger partial charge in [0.1, 0.15) is 23.0 Å². The molecule has 0 amide bonds. The molecule has 1 unspecified atom stereocenters. The monoisotopic (exact) mass is 436 g/mol. The Morgan fingerprint density at radius 1 is 0.879 bits per heavy atom. The first kappa shape index (κ1) is 20.8. The van der Waals surface area contributed by atoms with Gasteiger partial charge in [-0.25, -0.2) is 4.79 Å². The number of allylic oxidation sites excluding steroid dienone is 1. The SMILES string of the molecule is CCOC(=O)C1=C(C)Oc2ccc3ccccc3c2C1c1cccc(Oc2ccccc2)c1. The van der Waals surface area contributed by atoms with Crippen LogP contribution in [0.25, 0.3) is 10.8 Å². The van der Waals surface area contributed by atoms with Crippen LogP contribution in [-0.4, -0.2) is 12.6 Å². The maximum absolute atomic E-state index is 13.1. The van der Waals surface area contributed by atoms with Crippen LogP contribution in [0.2, 0.25) is 0 Å². The smallest absolute Gasteiger partial charge is 0.338 e. The normalized spacial score (nSPS) is 15.0. The summed E-state index contributed by atoms with van der Waals surface area (Å²) in [6.45, 7) is 3.92. The molecule has 1 aliphatic rings. The van der Waals surface area contributed by atoms with Crippen molar-refractivity contribution in [2.75, 3.05) is 6.61 Å². The quantitative estimate of drug-likeness (QED) is 0.316. The predicted molar refractivity (Wildman–Crippen MR) is 129 cm³/mol. The first-order valence-corrected chi connectivity index (χ1v) is 11.1. The summed E-state index contributed by atoms with van der Waals surface area (Å²) >= 11 is 0. The van der Waals surface area contributed by atoms with Gasteiger partial charge < -0.3 is 14.2 Å². The molecule has 4 heteroatoms. The number of ether oxygens (including phenoxy) is 3. The lowest BCUT2D eigenvalue weighted by Crippen LogP contribution is -2.23. The maximum Gasteiger partial charge on any atom is 0.338 e. The first-order chi connectivity index (χ1) is 16.2. The highest BCUT2D eigenvalue weighted by molar-refractivity contribution is 5.97. The zero-order valence-corrected chi connectivity index (χ0v) is 18.6. The van der Waals surface area contributed by atoms with E-state index in [1.54, 1.807) is 0 Å². The van der Waals surface area contributed by atoms with E-state index in [0.717, 1.165) is 33.4 Å². The summed E-state index contributed by atoms with van der Waals surface area (Å²) in [5.41, 5.74) is 2.41. The lowest BCUT2D eigenvalue weighted by atomic mass is 9.80. The zero-order valence-electron chi connectivity index (χ0n) is 18.6. The molecule has 5 rings (SSSR count). The van der Waals surface area contributed by atoms with Gasteiger partial charge >= 0.3 is 5.97 Å². The fourth-order valence-corrected chi connectivity index (χ4v) is 4.42. The van der Waals surface area contributed by atoms with Crippen LogP contribution >= 0.6 is 0 Å². The maximum atomic E-state index is 13.1. The third-order valence-electron chi connectivity index (χ3n) is 5.82. The highest BCUT2D eigenvalue weighted by Crippen LogP contribution is 2.47. The van der Waals surface area contributed by atoms with Gasteiger partial charge in [0.25, 0.3) is 0 Å². The van der Waals surface area contributed by atoms with E-state index in [4.69, 9.17) is 14.2 Å². The summed E-state index contributed by atoms with van der Waals surface area (Å²) in [4.78, 5) is 13.1. The Labute approximate surface area is 193 Å². The molecule has 33 heavy (non-hydrogen) atoms. The van der Waals surface area contributed by atoms with E-state index in [1.807, 2.05) is 92.7 Å². The molecule has 0 bridgehead atoms. The molecule has 0 radical (unpaired) electrons. The second kappa shape index (κ2) is 8.83. The third kappa shape index (κ3) is 3.96. The number of benzene rings is 4. The average molecular weight is 437 g/mol. The van der Waals surface area contributed by atoms with Crippen molar-refractivity contribution in [2.45, 2.75) is 19.8 Å². The van der Waals surface area contributed by atoms with Crippen molar-refractivity contribution in [1.29, 1.82) is 0 Å². The molecule has 1 heterocycles. The van der Waals surface area contributed by atoms with Crippen molar-refractivity contribution in [3.63, 3.8) is 0 Å². The number of rotatable bonds is 5. The van der Waals surface area contributed by atoms with Crippen LogP contribution in [0.1, 0.15) is 30.9 Å². The lowest BCUT2D eigenvalue weighted by Gasteiger charge is -2.30. The molecule has 0 fully saturated rings. The molecule has 0 saturated heterocycles. The summed E-state index contributed by atoms with van der Waals surface area (Å²) in [7, 11) is 0. The third-order valence-corrected chi connectivity index (χ3v) is 5.82. The zero-order chi connectivity index (χ0) is 22.8. The molecule has 4 aromatic rings. The number of hydrogen-bond donors (Lipinski definition) is 0. The van der Waals surface area contributed by atoms with Crippen molar-refractivity contribution in [3.05, 3.63) is 113 Å². The van der Waals surface area contributed by atoms with Crippen LogP contribution in [0.5, 0.6) is 17.2 Å². The molecular weight excluding hydrogens is 412 g/mol. The summed E-state index contributed by atoms with van der Waals surface area (Å²) in [6, 6.07) is 29.7. The van der Waals surface area contributed by atoms with Crippen molar-refractivity contribution in [1.82, 2.24) is 0 Å². The van der Waals surface area contributed by atoms with E-state index in [1.165, 1.54) is 0 Å². The van der Waals surface area contributed by atoms with Crippen molar-refractivity contribution in [2.24, 2.45) is 0 Å². The number of carbonyl (C=O) groups is 1. The van der Waals surface area contributed by atoms with Gasteiger partial charge in [0, 0.05) is 11.5 Å². The molecule has 0 spiro atoms. The number of hydrogen-bond acceptors (Lipinski definition) is 4. The van der Waals surface area contributed by atoms with Crippen molar-refractivity contribution < 1.29 is 19.0 Å². The fraction of sp³-hybridized carbons (Fsp3) is 0.138. The molecule has 0 aromatic heterocycles. The van der Waals surface area contributed by atoms with Crippen LogP contribution in [0.4, 0.5) is 0 Å². The van der Waals surface area contributed by atoms with E-state index in [0.29, 0.717) is 23.7 Å². The summed E-state index contributed by atoms with van der Waals surface area (Å²) in [6.07, 6.45) is 0. The van der Waals surface area contributed by atoms with E-state index in [2.05, 4.69) is 12.1 Å². The van der Waals surface area contributed by atoms with Gasteiger partial charge in [-0.15, -0.1) is 0 Å². The van der Waals surface area contributed by atoms with Crippen molar-refractivity contribution in [3.8, 4) is 17.2 Å². The predicted octanol–water partition coefficient (Wildman–Crippen LogP) is 6.99. The van der Waals surface area contributed by atoms with E-state index >= 15 is 0 Å².